The number of halogens is 2. The van der Waals surface area contributed by atoms with Gasteiger partial charge in [-0.2, -0.15) is 10.2 Å². The molecule has 7 aliphatic heterocycles. The number of nitrogens with one attached hydrogen (secondary N) is 4. The molecule has 29 nitrogen and oxygen atoms in total. The zero-order valence-corrected chi connectivity index (χ0v) is 60.8. The number of rotatable bonds is 11. The van der Waals surface area contributed by atoms with Gasteiger partial charge in [0, 0.05) is 80.6 Å². The van der Waals surface area contributed by atoms with E-state index >= 15 is 0 Å². The van der Waals surface area contributed by atoms with E-state index in [0.29, 0.717) is 116 Å². The third kappa shape index (κ3) is 16.1. The number of nitrogens with two attached hydrogens (primary N) is 2. The van der Waals surface area contributed by atoms with Crippen LogP contribution in [0.15, 0.2) is 73.1 Å². The fourth-order valence-electron chi connectivity index (χ4n) is 13.4. The van der Waals surface area contributed by atoms with Crippen molar-refractivity contribution in [2.24, 2.45) is 5.73 Å². The summed E-state index contributed by atoms with van der Waals surface area (Å²) in [6.45, 7) is 30.7. The van der Waals surface area contributed by atoms with Crippen LogP contribution in [-0.4, -0.2) is 195 Å². The largest absolute Gasteiger partial charge is 0.490 e. The highest BCUT2D eigenvalue weighted by Crippen LogP contribution is 2.41. The summed E-state index contributed by atoms with van der Waals surface area (Å²) >= 11 is 6.60. The van der Waals surface area contributed by atoms with Crippen molar-refractivity contribution in [2.45, 2.75) is 150 Å². The topological polar surface area (TPSA) is 342 Å². The molecule has 6 aromatic heterocycles. The molecular weight excluding hydrogens is 1390 g/mol. The summed E-state index contributed by atoms with van der Waals surface area (Å²) in [6.07, 6.45) is 15.1. The number of fused-ring (bicyclic) bond motifs is 6. The van der Waals surface area contributed by atoms with Crippen LogP contribution in [0, 0.1) is 27.7 Å². The predicted molar refractivity (Wildman–Crippen MR) is 376 cm³/mol. The zero-order valence-electron chi connectivity index (χ0n) is 57.7. The number of hydrogen-bond acceptors (Lipinski definition) is 20. The Kier molecular flexibility index (Phi) is 21.7. The fourth-order valence-corrected chi connectivity index (χ4v) is 14.5. The standard InChI is InChI=1S/C30H40N8O5.C17H24BrN3O3.C13H19N5O.C7H7BrN2O2/c1-19-16-21(33-25-24-20(2)22(17-37(24)32-18-31-25)42-15-14-35-10-6-7-11-35)27(40)38-23(19)26(39)34-30(38)8-12-36(13-9-30)28(41)43-29(3,4)5;1-11-9-12(18)10-21-13(11)14(22)19-17(21)5-7-20(8-6-17)15(23)24-16(2,3)4;1-10-11(19-7-6-17-4-2-3-5-17)8-18-12(10)13(14)15-9-16-18;1-3-2-4(8)7(12)10-5(3)6(9)11/h16-18H,6-15H2,1-5H3,(H,34,39)(H,31,32,33);9H,5-8,10H2,1-4H3,(H,19,22);8-9H,2-7H2,1H3,(H2,14,15,16);2H,1H3,(H2,9,11)(H,10,12). The molecule has 0 bridgehead atoms. The quantitative estimate of drug-likeness (QED) is 0.0731. The van der Waals surface area contributed by atoms with E-state index in [4.69, 9.17) is 30.4 Å². The lowest BCUT2D eigenvalue weighted by molar-refractivity contribution is -0.117. The number of likely N-dealkylation sites (tertiary alicyclic amines) is 4. The van der Waals surface area contributed by atoms with Crippen LogP contribution in [0.1, 0.15) is 143 Å². The Labute approximate surface area is 585 Å². The molecule has 13 rings (SSSR count). The Bertz CT molecular complexity index is 4210. The normalized spacial score (nSPS) is 18.1. The molecule has 0 radical (unpaired) electrons. The first-order chi connectivity index (χ1) is 46.3. The number of piperidine rings is 2. The predicted octanol–water partition coefficient (Wildman–Crippen LogP) is 7.50. The van der Waals surface area contributed by atoms with Gasteiger partial charge in [0.15, 0.2) is 11.6 Å². The van der Waals surface area contributed by atoms with Gasteiger partial charge < -0.3 is 66.0 Å². The molecule has 8 N–H and O–H groups in total. The van der Waals surface area contributed by atoms with E-state index in [0.717, 1.165) is 70.1 Å². The molecular formula is C67H90Br2N18O11. The van der Waals surface area contributed by atoms with Crippen LogP contribution in [0.5, 0.6) is 11.5 Å². The summed E-state index contributed by atoms with van der Waals surface area (Å²) in [5.41, 5.74) is 15.0. The number of carbonyl (C=O) groups excluding carboxylic acids is 5. The number of primary amides is 1. The molecule has 5 saturated heterocycles. The molecule has 0 saturated carbocycles. The first-order valence-corrected chi connectivity index (χ1v) is 34.7. The van der Waals surface area contributed by atoms with Crippen molar-refractivity contribution >= 4 is 90.1 Å². The van der Waals surface area contributed by atoms with Crippen molar-refractivity contribution in [2.75, 3.05) is 96.3 Å². The second-order valence-electron chi connectivity index (χ2n) is 27.7. The third-order valence-electron chi connectivity index (χ3n) is 18.3. The smallest absolute Gasteiger partial charge is 0.410 e. The van der Waals surface area contributed by atoms with Gasteiger partial charge in [0.25, 0.3) is 28.8 Å². The average molecular weight is 1480 g/mol. The van der Waals surface area contributed by atoms with Crippen molar-refractivity contribution in [3.05, 3.63) is 118 Å². The van der Waals surface area contributed by atoms with Gasteiger partial charge in [-0.3, -0.25) is 38.3 Å². The molecule has 0 atom stereocenters. The van der Waals surface area contributed by atoms with Crippen LogP contribution in [0.3, 0.4) is 0 Å². The fraction of sp³-hybridized carbons (Fsp3) is 0.537. The summed E-state index contributed by atoms with van der Waals surface area (Å²) in [7, 11) is 0. The van der Waals surface area contributed by atoms with Crippen LogP contribution in [0.2, 0.25) is 0 Å². The van der Waals surface area contributed by atoms with E-state index < -0.39 is 34.5 Å². The van der Waals surface area contributed by atoms with Crippen LogP contribution in [0.4, 0.5) is 26.9 Å². The number of aromatic amines is 1. The Morgan fingerprint density at radius 3 is 1.68 bits per heavy atom. The SMILES string of the molecule is CC1=C2C(=O)NC3(CCN(C(=O)OC(C)(C)C)CC3)N2CC(Br)=C1.Cc1c(OCCN2CCCC2)cn2ncnc(N)c12.Cc1cc(Br)c(=O)[nH]c1C(N)=O.Cc1cc(Nc2ncnn3cc(OCCN4CCCC4)c(C)c23)c(=O)n2c1C(=O)NC21CCN(C(=O)OC(C)(C)C)CC1. The number of aromatic nitrogens is 8. The van der Waals surface area contributed by atoms with E-state index in [2.05, 4.69) is 87.7 Å². The van der Waals surface area contributed by atoms with Gasteiger partial charge in [-0.25, -0.2) is 28.6 Å². The maximum Gasteiger partial charge on any atom is 0.410 e. The highest BCUT2D eigenvalue weighted by Gasteiger charge is 2.52. The van der Waals surface area contributed by atoms with Crippen molar-refractivity contribution in [1.29, 1.82) is 0 Å². The molecule has 528 valence electrons. The highest BCUT2D eigenvalue weighted by molar-refractivity contribution is 9.11. The van der Waals surface area contributed by atoms with Gasteiger partial charge in [-0.1, -0.05) is 15.9 Å². The number of allylic oxidation sites excluding steroid dienone is 2. The molecule has 98 heavy (non-hydrogen) atoms. The van der Waals surface area contributed by atoms with E-state index in [1.54, 1.807) is 42.5 Å². The third-order valence-corrected chi connectivity index (χ3v) is 19.3. The zero-order chi connectivity index (χ0) is 70.8. The molecule has 0 aromatic carbocycles. The van der Waals surface area contributed by atoms with Crippen LogP contribution in [0.25, 0.3) is 11.0 Å². The number of pyridine rings is 2. The van der Waals surface area contributed by atoms with Crippen molar-refractivity contribution < 1.29 is 42.9 Å². The second kappa shape index (κ2) is 29.5. The molecule has 13 heterocycles. The minimum absolute atomic E-state index is 0.0190. The van der Waals surface area contributed by atoms with Crippen LogP contribution >= 0.6 is 31.9 Å². The Morgan fingerprint density at radius 1 is 0.663 bits per heavy atom. The lowest BCUT2D eigenvalue weighted by Gasteiger charge is -2.45. The minimum atomic E-state index is -0.938. The first kappa shape index (κ1) is 72.2. The maximum atomic E-state index is 14.1. The highest BCUT2D eigenvalue weighted by atomic mass is 79.9. The van der Waals surface area contributed by atoms with Crippen molar-refractivity contribution in [3.8, 4) is 11.5 Å². The number of hydrogen-bond donors (Lipinski definition) is 6. The molecule has 0 aliphatic carbocycles. The summed E-state index contributed by atoms with van der Waals surface area (Å²) < 4.78 is 29.4. The Balaban J connectivity index is 0.000000158. The van der Waals surface area contributed by atoms with Gasteiger partial charge >= 0.3 is 12.2 Å². The van der Waals surface area contributed by atoms with E-state index in [1.165, 1.54) is 51.4 Å². The number of aryl methyl sites for hydroxylation is 4. The van der Waals surface area contributed by atoms with Crippen molar-refractivity contribution in [3.63, 3.8) is 0 Å². The number of carbonyl (C=O) groups is 5. The Hall–Kier alpha value is -8.55. The molecule has 31 heteroatoms. The molecule has 5 fully saturated rings. The van der Waals surface area contributed by atoms with Crippen LogP contribution in [-0.2, 0) is 19.9 Å². The lowest BCUT2D eigenvalue weighted by atomic mass is 9.95. The van der Waals surface area contributed by atoms with Gasteiger partial charge in [-0.05, 0) is 179 Å². The number of nitrogens with zero attached hydrogens (tertiary/aromatic N) is 12. The number of amides is 5. The van der Waals surface area contributed by atoms with E-state index in [9.17, 15) is 33.6 Å². The molecule has 2 spiro atoms. The van der Waals surface area contributed by atoms with Crippen molar-refractivity contribution in [1.82, 2.24) is 73.9 Å². The van der Waals surface area contributed by atoms with Gasteiger partial charge in [0.1, 0.15) is 93.7 Å². The number of ether oxygens (including phenoxy) is 4. The van der Waals surface area contributed by atoms with Crippen LogP contribution < -0.4 is 48.0 Å². The number of anilines is 3. The lowest BCUT2D eigenvalue weighted by Crippen LogP contribution is -2.59. The average Bonchev–Trinajstić information content (AvgIpc) is 1.57. The van der Waals surface area contributed by atoms with Gasteiger partial charge in [0.05, 0.1) is 23.4 Å². The first-order valence-electron chi connectivity index (χ1n) is 33.2. The second-order valence-corrected chi connectivity index (χ2v) is 29.6. The number of nitrogen functional groups attached to an aromatic ring is 1. The minimum Gasteiger partial charge on any atom is -0.490 e. The summed E-state index contributed by atoms with van der Waals surface area (Å²) in [5, 5.41) is 18.0. The summed E-state index contributed by atoms with van der Waals surface area (Å²) in [6, 6.07) is 3.24. The maximum absolute atomic E-state index is 14.1. The Morgan fingerprint density at radius 2 is 1.16 bits per heavy atom. The van der Waals surface area contributed by atoms with E-state index in [-0.39, 0.29) is 34.7 Å². The molecule has 7 aliphatic rings. The monoisotopic (exact) mass is 1480 g/mol. The van der Waals surface area contributed by atoms with E-state index in [1.807, 2.05) is 87.7 Å². The summed E-state index contributed by atoms with van der Waals surface area (Å²) in [4.78, 5) is 107. The molecule has 6 aromatic rings. The van der Waals surface area contributed by atoms with Gasteiger partial charge in [0.2, 0.25) is 0 Å². The molecule has 5 amide bonds. The van der Waals surface area contributed by atoms with Gasteiger partial charge in [-0.15, -0.1) is 0 Å². The number of H-pyrrole nitrogens is 1. The molecule has 0 unspecified atom stereocenters. The summed E-state index contributed by atoms with van der Waals surface area (Å²) in [5.74, 6) is 1.56.